The highest BCUT2D eigenvalue weighted by Gasteiger charge is 2.46. The third-order valence-corrected chi connectivity index (χ3v) is 5.69. The maximum absolute atomic E-state index is 12.7. The van der Waals surface area contributed by atoms with Crippen LogP contribution in [0.25, 0.3) is 0 Å². The molecule has 27 heavy (non-hydrogen) atoms. The van der Waals surface area contributed by atoms with Crippen molar-refractivity contribution >= 4 is 29.4 Å². The smallest absolute Gasteiger partial charge is 0.324 e. The van der Waals surface area contributed by atoms with Crippen molar-refractivity contribution in [3.05, 3.63) is 29.3 Å². The van der Waals surface area contributed by atoms with Gasteiger partial charge in [0.15, 0.2) is 0 Å². The van der Waals surface area contributed by atoms with Crippen molar-refractivity contribution in [3.8, 4) is 0 Å². The normalized spacial score (nSPS) is 23.1. The number of carbonyl (C=O) groups is 4. The van der Waals surface area contributed by atoms with Gasteiger partial charge >= 0.3 is 6.03 Å². The molecule has 0 bridgehead atoms. The number of amides is 5. The fourth-order valence-corrected chi connectivity index (χ4v) is 3.88. The predicted molar refractivity (Wildman–Crippen MR) is 97.0 cm³/mol. The summed E-state index contributed by atoms with van der Waals surface area (Å²) in [6.07, 6.45) is 0.191. The number of carbonyl (C=O) groups excluding carboxylic acids is 4. The van der Waals surface area contributed by atoms with Gasteiger partial charge in [-0.15, -0.1) is 0 Å². The molecule has 8 nitrogen and oxygen atoms in total. The molecule has 5 amide bonds. The van der Waals surface area contributed by atoms with Crippen molar-refractivity contribution in [2.24, 2.45) is 5.92 Å². The molecule has 142 valence electrons. The third kappa shape index (κ3) is 2.94. The van der Waals surface area contributed by atoms with Crippen LogP contribution in [0.1, 0.15) is 17.5 Å². The van der Waals surface area contributed by atoms with Crippen molar-refractivity contribution in [2.75, 3.05) is 31.1 Å². The number of hydrogen-bond donors (Lipinski definition) is 1. The van der Waals surface area contributed by atoms with Crippen LogP contribution < -0.4 is 10.2 Å². The number of hydrogen-bond acceptors (Lipinski definition) is 4. The summed E-state index contributed by atoms with van der Waals surface area (Å²) in [7, 11) is 0. The van der Waals surface area contributed by atoms with Crippen LogP contribution >= 0.6 is 0 Å². The molecule has 8 heteroatoms. The Bertz CT molecular complexity index is 830. The molecule has 3 heterocycles. The van der Waals surface area contributed by atoms with Crippen LogP contribution in [0, 0.1) is 19.8 Å². The van der Waals surface area contributed by atoms with Crippen molar-refractivity contribution in [2.45, 2.75) is 26.3 Å². The first kappa shape index (κ1) is 17.5. The maximum atomic E-state index is 12.7. The maximum Gasteiger partial charge on any atom is 0.324 e. The Labute approximate surface area is 157 Å². The van der Waals surface area contributed by atoms with Gasteiger partial charge in [0.1, 0.15) is 0 Å². The van der Waals surface area contributed by atoms with Crippen molar-refractivity contribution in [1.29, 1.82) is 0 Å². The monoisotopic (exact) mass is 370 g/mol. The third-order valence-electron chi connectivity index (χ3n) is 5.69. The second kappa shape index (κ2) is 6.37. The summed E-state index contributed by atoms with van der Waals surface area (Å²) < 4.78 is 0. The highest BCUT2D eigenvalue weighted by Crippen LogP contribution is 2.29. The van der Waals surface area contributed by atoms with Crippen molar-refractivity contribution in [3.63, 3.8) is 0 Å². The van der Waals surface area contributed by atoms with Crippen LogP contribution in [0.5, 0.6) is 0 Å². The number of anilines is 1. The van der Waals surface area contributed by atoms with Gasteiger partial charge < -0.3 is 15.1 Å². The molecule has 1 atom stereocenters. The first-order valence-corrected chi connectivity index (χ1v) is 9.11. The lowest BCUT2D eigenvalue weighted by molar-refractivity contribution is -0.145. The average molecular weight is 370 g/mol. The Hall–Kier alpha value is -2.90. The summed E-state index contributed by atoms with van der Waals surface area (Å²) in [6, 6.07) is 5.19. The Morgan fingerprint density at radius 3 is 2.41 bits per heavy atom. The van der Waals surface area contributed by atoms with Crippen LogP contribution in [0.3, 0.4) is 0 Å². The van der Waals surface area contributed by atoms with Gasteiger partial charge in [0.05, 0.1) is 18.5 Å². The lowest BCUT2D eigenvalue weighted by atomic mass is 10.0. The van der Waals surface area contributed by atoms with E-state index in [0.717, 1.165) is 16.8 Å². The summed E-state index contributed by atoms with van der Waals surface area (Å²) in [5.74, 6) is -0.780. The van der Waals surface area contributed by atoms with E-state index >= 15 is 0 Å². The number of rotatable bonds is 3. The SMILES string of the molecule is Cc1ccc(N2C[C@H](C(=O)N3CC(N4C(=O)CNC4=O)C3)CC2=O)cc1C. The number of urea groups is 1. The van der Waals surface area contributed by atoms with Crippen molar-refractivity contribution < 1.29 is 19.2 Å². The minimum Gasteiger partial charge on any atom is -0.338 e. The molecule has 3 fully saturated rings. The Balaban J connectivity index is 1.38. The minimum atomic E-state index is -0.394. The Kier molecular flexibility index (Phi) is 4.13. The van der Waals surface area contributed by atoms with E-state index in [1.54, 1.807) is 9.80 Å². The van der Waals surface area contributed by atoms with E-state index in [4.69, 9.17) is 0 Å². The molecule has 1 N–H and O–H groups in total. The van der Waals surface area contributed by atoms with Crippen LogP contribution in [-0.2, 0) is 14.4 Å². The van der Waals surface area contributed by atoms with Gasteiger partial charge in [0.25, 0.3) is 0 Å². The van der Waals surface area contributed by atoms with E-state index in [9.17, 15) is 19.2 Å². The van der Waals surface area contributed by atoms with Gasteiger partial charge in [-0.05, 0) is 37.1 Å². The van der Waals surface area contributed by atoms with E-state index in [1.807, 2.05) is 32.0 Å². The molecule has 0 saturated carbocycles. The number of nitrogens with one attached hydrogen (secondary N) is 1. The standard InChI is InChI=1S/C19H22N4O4/c1-11-3-4-14(5-12(11)2)22-8-13(6-16(22)24)18(26)21-9-15(10-21)23-17(25)7-20-19(23)27/h3-5,13,15H,6-10H2,1-2H3,(H,20,27)/t13-/m1/s1. The van der Waals surface area contributed by atoms with Crippen LogP contribution in [0.15, 0.2) is 18.2 Å². The summed E-state index contributed by atoms with van der Waals surface area (Å²) in [6.45, 7) is 5.08. The second-order valence-corrected chi connectivity index (χ2v) is 7.49. The lowest BCUT2D eigenvalue weighted by Crippen LogP contribution is -2.63. The van der Waals surface area contributed by atoms with Crippen LogP contribution in [0.2, 0.25) is 0 Å². The zero-order valence-corrected chi connectivity index (χ0v) is 15.4. The predicted octanol–water partition coefficient (Wildman–Crippen LogP) is 0.419. The quantitative estimate of drug-likeness (QED) is 0.781. The van der Waals surface area contributed by atoms with Crippen molar-refractivity contribution in [1.82, 2.24) is 15.1 Å². The lowest BCUT2D eigenvalue weighted by Gasteiger charge is -2.43. The molecule has 3 aliphatic rings. The first-order chi connectivity index (χ1) is 12.8. The molecule has 4 rings (SSSR count). The molecule has 1 aromatic carbocycles. The zero-order chi connectivity index (χ0) is 19.3. The fraction of sp³-hybridized carbons (Fsp3) is 0.474. The molecular formula is C19H22N4O4. The van der Waals surface area contributed by atoms with E-state index < -0.39 is 6.03 Å². The Morgan fingerprint density at radius 1 is 1.04 bits per heavy atom. The molecular weight excluding hydrogens is 348 g/mol. The number of nitrogens with zero attached hydrogens (tertiary/aromatic N) is 3. The highest BCUT2D eigenvalue weighted by molar-refractivity contribution is 6.03. The molecule has 0 unspecified atom stereocenters. The van der Waals surface area contributed by atoms with E-state index in [2.05, 4.69) is 5.32 Å². The van der Waals surface area contributed by atoms with Gasteiger partial charge in [0, 0.05) is 31.7 Å². The topological polar surface area (TPSA) is 90.0 Å². The highest BCUT2D eigenvalue weighted by atomic mass is 16.2. The largest absolute Gasteiger partial charge is 0.338 e. The van der Waals surface area contributed by atoms with E-state index in [0.29, 0.717) is 19.6 Å². The molecule has 0 aromatic heterocycles. The average Bonchev–Trinajstić information content (AvgIpc) is 3.13. The zero-order valence-electron chi connectivity index (χ0n) is 15.4. The molecule has 1 aromatic rings. The van der Waals surface area contributed by atoms with Crippen LogP contribution in [-0.4, -0.2) is 65.8 Å². The van der Waals surface area contributed by atoms with Gasteiger partial charge in [-0.2, -0.15) is 0 Å². The summed E-state index contributed by atoms with van der Waals surface area (Å²) >= 11 is 0. The number of benzene rings is 1. The number of aryl methyl sites for hydroxylation is 2. The van der Waals surface area contributed by atoms with Gasteiger partial charge in [-0.3, -0.25) is 19.3 Å². The second-order valence-electron chi connectivity index (χ2n) is 7.49. The Morgan fingerprint density at radius 2 is 1.78 bits per heavy atom. The molecule has 3 saturated heterocycles. The number of likely N-dealkylation sites (tertiary alicyclic amines) is 1. The molecule has 3 aliphatic heterocycles. The van der Waals surface area contributed by atoms with Gasteiger partial charge in [-0.1, -0.05) is 6.07 Å². The van der Waals surface area contributed by atoms with E-state index in [1.165, 1.54) is 4.90 Å². The molecule has 0 spiro atoms. The fourth-order valence-electron chi connectivity index (χ4n) is 3.88. The summed E-state index contributed by atoms with van der Waals surface area (Å²) in [4.78, 5) is 53.1. The summed E-state index contributed by atoms with van der Waals surface area (Å²) in [5, 5.41) is 2.49. The number of imide groups is 1. The molecule has 0 aliphatic carbocycles. The molecule has 0 radical (unpaired) electrons. The van der Waals surface area contributed by atoms with E-state index in [-0.39, 0.29) is 42.6 Å². The summed E-state index contributed by atoms with van der Waals surface area (Å²) in [5.41, 5.74) is 3.08. The van der Waals surface area contributed by atoms with Gasteiger partial charge in [-0.25, -0.2) is 4.79 Å². The van der Waals surface area contributed by atoms with Gasteiger partial charge in [0.2, 0.25) is 17.7 Å². The first-order valence-electron chi connectivity index (χ1n) is 9.11. The minimum absolute atomic E-state index is 0.0192. The van der Waals surface area contributed by atoms with Crippen LogP contribution in [0.4, 0.5) is 10.5 Å².